The van der Waals surface area contributed by atoms with E-state index in [-0.39, 0.29) is 34.7 Å². The van der Waals surface area contributed by atoms with Gasteiger partial charge in [0.05, 0.1) is 6.10 Å². The van der Waals surface area contributed by atoms with Crippen molar-refractivity contribution in [1.82, 2.24) is 10.2 Å². The van der Waals surface area contributed by atoms with E-state index < -0.39 is 0 Å². The Bertz CT molecular complexity index is 416. The second-order valence-electron chi connectivity index (χ2n) is 8.75. The topological polar surface area (TPSA) is 69.6 Å². The monoisotopic (exact) mass is 326 g/mol. The maximum Gasteiger partial charge on any atom is 0.227 e. The summed E-state index contributed by atoms with van der Waals surface area (Å²) >= 11 is 0. The van der Waals surface area contributed by atoms with Crippen LogP contribution in [-0.4, -0.2) is 47.6 Å². The largest absolute Gasteiger partial charge is 0.393 e. The van der Waals surface area contributed by atoms with Crippen LogP contribution in [0.3, 0.4) is 0 Å². The lowest BCUT2D eigenvalue weighted by Crippen LogP contribution is -2.47. The average molecular weight is 326 g/mol. The van der Waals surface area contributed by atoms with Crippen LogP contribution in [0.1, 0.15) is 60.8 Å². The molecule has 5 nitrogen and oxygen atoms in total. The van der Waals surface area contributed by atoms with Gasteiger partial charge in [-0.25, -0.2) is 0 Å². The van der Waals surface area contributed by atoms with Crippen molar-refractivity contribution < 1.29 is 14.7 Å². The van der Waals surface area contributed by atoms with Gasteiger partial charge in [0.15, 0.2) is 0 Å². The van der Waals surface area contributed by atoms with E-state index in [2.05, 4.69) is 5.32 Å². The number of nitrogens with zero attached hydrogens (tertiary/aromatic N) is 1. The predicted octanol–water partition coefficient (Wildman–Crippen LogP) is 2.18. The highest BCUT2D eigenvalue weighted by atomic mass is 16.3. The summed E-state index contributed by atoms with van der Waals surface area (Å²) in [5.41, 5.74) is -0.479. The molecule has 0 unspecified atom stereocenters. The fourth-order valence-electron chi connectivity index (χ4n) is 3.16. The highest BCUT2D eigenvalue weighted by Crippen LogP contribution is 2.25. The Morgan fingerprint density at radius 3 is 2.13 bits per heavy atom. The summed E-state index contributed by atoms with van der Waals surface area (Å²) in [5.74, 6) is 0.224. The second kappa shape index (κ2) is 7.65. The summed E-state index contributed by atoms with van der Waals surface area (Å²) in [5, 5.41) is 12.5. The zero-order chi connectivity index (χ0) is 17.8. The third-order valence-electron chi connectivity index (χ3n) is 4.38. The predicted molar refractivity (Wildman–Crippen MR) is 91.8 cm³/mol. The number of aliphatic hydroxyl groups is 1. The minimum atomic E-state index is -0.367. The molecule has 0 bridgehead atoms. The molecule has 0 aromatic carbocycles. The summed E-state index contributed by atoms with van der Waals surface area (Å²) in [6.45, 7) is 13.5. The minimum Gasteiger partial charge on any atom is -0.393 e. The van der Waals surface area contributed by atoms with E-state index in [0.717, 1.165) is 12.8 Å². The van der Waals surface area contributed by atoms with E-state index in [4.69, 9.17) is 0 Å². The molecule has 1 aliphatic rings. The van der Waals surface area contributed by atoms with Crippen molar-refractivity contribution in [1.29, 1.82) is 0 Å². The number of hydrogen-bond acceptors (Lipinski definition) is 3. The standard InChI is InChI=1S/C18H34N2O3/c1-13(21)11-18(5,6)12-19-15(22)14-7-9-20(10-8-14)16(23)17(2,3)4/h13-14,21H,7-12H2,1-6H3,(H,19,22)/t13-/m0/s1. The molecule has 0 aromatic heterocycles. The van der Waals surface area contributed by atoms with Crippen LogP contribution in [0.15, 0.2) is 0 Å². The second-order valence-corrected chi connectivity index (χ2v) is 8.75. The van der Waals surface area contributed by atoms with Crippen molar-refractivity contribution in [2.75, 3.05) is 19.6 Å². The number of likely N-dealkylation sites (tertiary alicyclic amines) is 1. The van der Waals surface area contributed by atoms with Crippen LogP contribution in [0, 0.1) is 16.7 Å². The third kappa shape index (κ3) is 6.50. The number of carbonyl (C=O) groups excluding carboxylic acids is 2. The molecule has 0 radical (unpaired) electrons. The van der Waals surface area contributed by atoms with Crippen LogP contribution in [0.2, 0.25) is 0 Å². The molecule has 0 aliphatic carbocycles. The SMILES string of the molecule is C[C@H](O)CC(C)(C)CNC(=O)C1CCN(C(=O)C(C)(C)C)CC1. The van der Waals surface area contributed by atoms with Crippen LogP contribution in [0.4, 0.5) is 0 Å². The Kier molecular flexibility index (Phi) is 6.63. The van der Waals surface area contributed by atoms with E-state index in [9.17, 15) is 14.7 Å². The smallest absolute Gasteiger partial charge is 0.227 e. The van der Waals surface area contributed by atoms with Gasteiger partial charge < -0.3 is 15.3 Å². The average Bonchev–Trinajstić information content (AvgIpc) is 2.42. The molecule has 1 heterocycles. The molecule has 1 atom stereocenters. The van der Waals surface area contributed by atoms with Crippen LogP contribution in [-0.2, 0) is 9.59 Å². The number of piperidine rings is 1. The number of hydrogen-bond donors (Lipinski definition) is 2. The third-order valence-corrected chi connectivity index (χ3v) is 4.38. The highest BCUT2D eigenvalue weighted by Gasteiger charge is 2.32. The van der Waals surface area contributed by atoms with Gasteiger partial charge >= 0.3 is 0 Å². The normalized spacial score (nSPS) is 18.7. The van der Waals surface area contributed by atoms with E-state index in [1.807, 2.05) is 39.5 Å². The molecule has 0 aromatic rings. The van der Waals surface area contributed by atoms with Crippen molar-refractivity contribution in [2.45, 2.75) is 66.9 Å². The van der Waals surface area contributed by atoms with Gasteiger partial charge in [0, 0.05) is 31.0 Å². The Balaban J connectivity index is 2.42. The minimum absolute atomic E-state index is 0.0126. The fraction of sp³-hybridized carbons (Fsp3) is 0.889. The van der Waals surface area contributed by atoms with E-state index in [1.54, 1.807) is 6.92 Å². The van der Waals surface area contributed by atoms with Crippen molar-refractivity contribution in [2.24, 2.45) is 16.7 Å². The van der Waals surface area contributed by atoms with E-state index >= 15 is 0 Å². The van der Waals surface area contributed by atoms with Crippen LogP contribution in [0.25, 0.3) is 0 Å². The van der Waals surface area contributed by atoms with Gasteiger partial charge in [-0.2, -0.15) is 0 Å². The van der Waals surface area contributed by atoms with Gasteiger partial charge in [0.1, 0.15) is 0 Å². The number of rotatable bonds is 5. The quantitative estimate of drug-likeness (QED) is 0.813. The number of carbonyl (C=O) groups is 2. The highest BCUT2D eigenvalue weighted by molar-refractivity contribution is 5.82. The Morgan fingerprint density at radius 1 is 1.17 bits per heavy atom. The van der Waals surface area contributed by atoms with Gasteiger partial charge in [-0.05, 0) is 31.6 Å². The molecule has 0 saturated carbocycles. The first-order valence-electron chi connectivity index (χ1n) is 8.67. The molecule has 134 valence electrons. The summed E-state index contributed by atoms with van der Waals surface area (Å²) in [6, 6.07) is 0. The van der Waals surface area contributed by atoms with Crippen LogP contribution >= 0.6 is 0 Å². The van der Waals surface area contributed by atoms with Crippen molar-refractivity contribution in [3.63, 3.8) is 0 Å². The van der Waals surface area contributed by atoms with Crippen molar-refractivity contribution in [3.05, 3.63) is 0 Å². The molecule has 1 aliphatic heterocycles. The van der Waals surface area contributed by atoms with Gasteiger partial charge in [0.25, 0.3) is 0 Å². The lowest BCUT2D eigenvalue weighted by atomic mass is 9.86. The molecule has 1 rings (SSSR count). The maximum absolute atomic E-state index is 12.3. The summed E-state index contributed by atoms with van der Waals surface area (Å²) in [7, 11) is 0. The Labute approximate surface area is 140 Å². The lowest BCUT2D eigenvalue weighted by Gasteiger charge is -2.35. The molecule has 2 amide bonds. The van der Waals surface area contributed by atoms with E-state index in [1.165, 1.54) is 0 Å². The first kappa shape index (κ1) is 19.9. The van der Waals surface area contributed by atoms with Crippen LogP contribution in [0.5, 0.6) is 0 Å². The van der Waals surface area contributed by atoms with Crippen molar-refractivity contribution >= 4 is 11.8 Å². The summed E-state index contributed by atoms with van der Waals surface area (Å²) in [4.78, 5) is 26.5. The first-order chi connectivity index (χ1) is 10.4. The molecule has 5 heteroatoms. The van der Waals surface area contributed by atoms with Crippen molar-refractivity contribution in [3.8, 4) is 0 Å². The Hall–Kier alpha value is -1.10. The van der Waals surface area contributed by atoms with Gasteiger partial charge in [-0.3, -0.25) is 9.59 Å². The molecular formula is C18H34N2O3. The number of aliphatic hydroxyl groups excluding tert-OH is 1. The van der Waals surface area contributed by atoms with Gasteiger partial charge in [-0.1, -0.05) is 34.6 Å². The maximum atomic E-state index is 12.3. The lowest BCUT2D eigenvalue weighted by molar-refractivity contribution is -0.142. The number of amides is 2. The molecule has 2 N–H and O–H groups in total. The van der Waals surface area contributed by atoms with Crippen LogP contribution < -0.4 is 5.32 Å². The molecular weight excluding hydrogens is 292 g/mol. The molecule has 1 saturated heterocycles. The summed E-state index contributed by atoms with van der Waals surface area (Å²) < 4.78 is 0. The van der Waals surface area contributed by atoms with Gasteiger partial charge in [-0.15, -0.1) is 0 Å². The Morgan fingerprint density at radius 2 is 1.70 bits per heavy atom. The zero-order valence-corrected chi connectivity index (χ0v) is 15.6. The first-order valence-corrected chi connectivity index (χ1v) is 8.67. The van der Waals surface area contributed by atoms with Gasteiger partial charge in [0.2, 0.25) is 11.8 Å². The molecule has 1 fully saturated rings. The molecule has 23 heavy (non-hydrogen) atoms. The molecule has 0 spiro atoms. The number of nitrogens with one attached hydrogen (secondary N) is 1. The summed E-state index contributed by atoms with van der Waals surface area (Å²) in [6.07, 6.45) is 1.74. The fourth-order valence-corrected chi connectivity index (χ4v) is 3.16. The zero-order valence-electron chi connectivity index (χ0n) is 15.6. The van der Waals surface area contributed by atoms with E-state index in [0.29, 0.717) is 26.1 Å².